The number of anilines is 2. The van der Waals surface area contributed by atoms with E-state index in [1.165, 1.54) is 5.56 Å². The van der Waals surface area contributed by atoms with Gasteiger partial charge in [0.15, 0.2) is 0 Å². The monoisotopic (exact) mass is 371 g/mol. The molecule has 0 unspecified atom stereocenters. The summed E-state index contributed by atoms with van der Waals surface area (Å²) in [7, 11) is 0. The van der Waals surface area contributed by atoms with Crippen LogP contribution in [0.1, 0.15) is 11.1 Å². The predicted molar refractivity (Wildman–Crippen MR) is 112 cm³/mol. The number of fused-ring (bicyclic) bond motifs is 1. The molecule has 0 saturated heterocycles. The Bertz CT molecular complexity index is 1070. The van der Waals surface area contributed by atoms with Gasteiger partial charge in [-0.3, -0.25) is 0 Å². The fourth-order valence-electron chi connectivity index (χ4n) is 3.04. The van der Waals surface area contributed by atoms with E-state index in [0.717, 1.165) is 35.3 Å². The number of furan rings is 1. The average Bonchev–Trinajstić information content (AvgIpc) is 3.17. The third-order valence-electron chi connectivity index (χ3n) is 4.40. The second-order valence-corrected chi connectivity index (χ2v) is 6.54. The van der Waals surface area contributed by atoms with Crippen molar-refractivity contribution in [3.8, 4) is 0 Å². The molecule has 0 bridgehead atoms. The molecule has 3 N–H and O–H groups in total. The van der Waals surface area contributed by atoms with Gasteiger partial charge in [-0.2, -0.15) is 0 Å². The summed E-state index contributed by atoms with van der Waals surface area (Å²) < 4.78 is 5.31. The van der Waals surface area contributed by atoms with Crippen LogP contribution in [0, 0.1) is 0 Å². The maximum atomic E-state index is 12.3. The van der Waals surface area contributed by atoms with Crippen molar-refractivity contribution >= 4 is 28.4 Å². The van der Waals surface area contributed by atoms with E-state index in [9.17, 15) is 4.79 Å². The van der Waals surface area contributed by atoms with Gasteiger partial charge in [-0.1, -0.05) is 42.5 Å². The summed E-state index contributed by atoms with van der Waals surface area (Å²) in [6, 6.07) is 25.2. The second-order valence-electron chi connectivity index (χ2n) is 6.54. The van der Waals surface area contributed by atoms with Gasteiger partial charge in [0, 0.05) is 29.9 Å². The molecule has 5 nitrogen and oxygen atoms in total. The van der Waals surface area contributed by atoms with Gasteiger partial charge in [-0.25, -0.2) is 4.79 Å². The van der Waals surface area contributed by atoms with E-state index in [4.69, 9.17) is 4.42 Å². The van der Waals surface area contributed by atoms with Crippen LogP contribution < -0.4 is 16.0 Å². The molecular weight excluding hydrogens is 350 g/mol. The van der Waals surface area contributed by atoms with Crippen LogP contribution in [-0.4, -0.2) is 6.03 Å². The summed E-state index contributed by atoms with van der Waals surface area (Å²) in [6.45, 7) is 1.53. The van der Waals surface area contributed by atoms with E-state index < -0.39 is 0 Å². The van der Waals surface area contributed by atoms with Crippen molar-refractivity contribution < 1.29 is 9.21 Å². The molecule has 5 heteroatoms. The van der Waals surface area contributed by atoms with Crippen molar-refractivity contribution in [1.29, 1.82) is 0 Å². The van der Waals surface area contributed by atoms with Crippen LogP contribution in [0.4, 0.5) is 16.2 Å². The quantitative estimate of drug-likeness (QED) is 0.427. The van der Waals surface area contributed by atoms with Crippen molar-refractivity contribution in [3.63, 3.8) is 0 Å². The summed E-state index contributed by atoms with van der Waals surface area (Å²) in [5, 5.41) is 10.1. The van der Waals surface area contributed by atoms with Gasteiger partial charge < -0.3 is 20.4 Å². The van der Waals surface area contributed by atoms with Crippen molar-refractivity contribution in [2.75, 3.05) is 10.6 Å². The maximum Gasteiger partial charge on any atom is 0.323 e. The zero-order chi connectivity index (χ0) is 19.2. The van der Waals surface area contributed by atoms with Crippen LogP contribution in [0.2, 0.25) is 0 Å². The first kappa shape index (κ1) is 17.8. The molecule has 1 aromatic heterocycles. The lowest BCUT2D eigenvalue weighted by atomic mass is 10.2. The molecule has 0 atom stereocenters. The molecule has 3 aromatic carbocycles. The topological polar surface area (TPSA) is 66.3 Å². The van der Waals surface area contributed by atoms with Crippen molar-refractivity contribution in [1.82, 2.24) is 5.32 Å². The van der Waals surface area contributed by atoms with Crippen molar-refractivity contribution in [2.24, 2.45) is 0 Å². The molecule has 0 radical (unpaired) electrons. The molecular formula is C23H21N3O2. The molecule has 0 fully saturated rings. The highest BCUT2D eigenvalue weighted by molar-refractivity contribution is 6.00. The Hall–Kier alpha value is -3.57. The van der Waals surface area contributed by atoms with E-state index in [-0.39, 0.29) is 6.03 Å². The van der Waals surface area contributed by atoms with Crippen LogP contribution in [0.5, 0.6) is 0 Å². The zero-order valence-electron chi connectivity index (χ0n) is 15.3. The molecule has 0 saturated carbocycles. The van der Waals surface area contributed by atoms with E-state index >= 15 is 0 Å². The summed E-state index contributed by atoms with van der Waals surface area (Å²) in [5.41, 5.74) is 4.61. The van der Waals surface area contributed by atoms with Gasteiger partial charge in [-0.15, -0.1) is 0 Å². The molecule has 28 heavy (non-hydrogen) atoms. The SMILES string of the molecule is O=C(Nc1cccc(CNCc2ccccc2)c1)Nc1ccc2occc2c1. The standard InChI is InChI=1S/C23H21N3O2/c27-23(26-21-9-10-22-19(14-21)11-12-28-22)25-20-8-4-7-18(13-20)16-24-15-17-5-2-1-3-6-17/h1-14,24H,15-16H2,(H2,25,26,27). The molecule has 4 aromatic rings. The van der Waals surface area contributed by atoms with E-state index in [0.29, 0.717) is 5.69 Å². The first-order valence-electron chi connectivity index (χ1n) is 9.15. The van der Waals surface area contributed by atoms with Gasteiger partial charge in [0.05, 0.1) is 6.26 Å². The van der Waals surface area contributed by atoms with Crippen LogP contribution >= 0.6 is 0 Å². The summed E-state index contributed by atoms with van der Waals surface area (Å²) >= 11 is 0. The number of hydrogen-bond acceptors (Lipinski definition) is 3. The fourth-order valence-corrected chi connectivity index (χ4v) is 3.04. The first-order valence-corrected chi connectivity index (χ1v) is 9.15. The highest BCUT2D eigenvalue weighted by atomic mass is 16.3. The van der Waals surface area contributed by atoms with E-state index in [1.807, 2.05) is 66.7 Å². The number of urea groups is 1. The van der Waals surface area contributed by atoms with Crippen LogP contribution in [0.3, 0.4) is 0 Å². The lowest BCUT2D eigenvalue weighted by Gasteiger charge is -2.10. The Morgan fingerprint density at radius 1 is 0.750 bits per heavy atom. The van der Waals surface area contributed by atoms with Crippen LogP contribution in [-0.2, 0) is 13.1 Å². The molecule has 140 valence electrons. The molecule has 0 aliphatic heterocycles. The minimum Gasteiger partial charge on any atom is -0.464 e. The number of carbonyl (C=O) groups excluding carboxylic acids is 1. The number of nitrogens with one attached hydrogen (secondary N) is 3. The Morgan fingerprint density at radius 2 is 1.50 bits per heavy atom. The molecule has 4 rings (SSSR count). The zero-order valence-corrected chi connectivity index (χ0v) is 15.3. The number of benzene rings is 3. The molecule has 0 spiro atoms. The third-order valence-corrected chi connectivity index (χ3v) is 4.40. The average molecular weight is 371 g/mol. The predicted octanol–water partition coefficient (Wildman–Crippen LogP) is 5.37. The van der Waals surface area contributed by atoms with Gasteiger partial charge in [0.25, 0.3) is 0 Å². The van der Waals surface area contributed by atoms with Gasteiger partial charge in [0.1, 0.15) is 5.58 Å². The minimum atomic E-state index is -0.280. The lowest BCUT2D eigenvalue weighted by molar-refractivity contribution is 0.262. The molecule has 2 amide bonds. The normalized spacial score (nSPS) is 10.7. The van der Waals surface area contributed by atoms with Gasteiger partial charge in [0.2, 0.25) is 0 Å². The lowest BCUT2D eigenvalue weighted by Crippen LogP contribution is -2.19. The number of carbonyl (C=O) groups is 1. The van der Waals surface area contributed by atoms with E-state index in [1.54, 1.807) is 6.26 Å². The molecule has 0 aliphatic rings. The van der Waals surface area contributed by atoms with Crippen molar-refractivity contribution in [3.05, 3.63) is 96.3 Å². The first-order chi connectivity index (χ1) is 13.8. The second kappa shape index (κ2) is 8.41. The highest BCUT2D eigenvalue weighted by Crippen LogP contribution is 2.20. The fraction of sp³-hybridized carbons (Fsp3) is 0.0870. The Balaban J connectivity index is 1.32. The summed E-state index contributed by atoms with van der Waals surface area (Å²) in [6.07, 6.45) is 1.63. The largest absolute Gasteiger partial charge is 0.464 e. The summed E-state index contributed by atoms with van der Waals surface area (Å²) in [4.78, 5) is 12.3. The molecule has 1 heterocycles. The Kier molecular flexibility index (Phi) is 5.36. The summed E-state index contributed by atoms with van der Waals surface area (Å²) in [5.74, 6) is 0. The Morgan fingerprint density at radius 3 is 2.36 bits per heavy atom. The Labute approximate surface area is 163 Å². The molecule has 0 aliphatic carbocycles. The van der Waals surface area contributed by atoms with Gasteiger partial charge >= 0.3 is 6.03 Å². The maximum absolute atomic E-state index is 12.3. The number of amides is 2. The highest BCUT2D eigenvalue weighted by Gasteiger charge is 2.05. The minimum absolute atomic E-state index is 0.280. The van der Waals surface area contributed by atoms with Crippen LogP contribution in [0.25, 0.3) is 11.0 Å². The number of hydrogen-bond donors (Lipinski definition) is 3. The van der Waals surface area contributed by atoms with Crippen molar-refractivity contribution in [2.45, 2.75) is 13.1 Å². The van der Waals surface area contributed by atoms with Crippen LogP contribution in [0.15, 0.2) is 89.5 Å². The van der Waals surface area contributed by atoms with Gasteiger partial charge in [-0.05, 0) is 47.5 Å². The number of rotatable bonds is 6. The smallest absolute Gasteiger partial charge is 0.323 e. The third kappa shape index (κ3) is 4.58. The van der Waals surface area contributed by atoms with E-state index in [2.05, 4.69) is 28.1 Å².